The summed E-state index contributed by atoms with van der Waals surface area (Å²) in [5, 5.41) is 0.418. The molecule has 1 aliphatic rings. The summed E-state index contributed by atoms with van der Waals surface area (Å²) in [5.41, 5.74) is 1.68. The van der Waals surface area contributed by atoms with Gasteiger partial charge < -0.3 is 23.4 Å². The molecular formula is C34H33ClN2O8S. The van der Waals surface area contributed by atoms with Gasteiger partial charge in [0.1, 0.15) is 11.5 Å². The van der Waals surface area contributed by atoms with Gasteiger partial charge in [0.25, 0.3) is 5.56 Å². The number of esters is 2. The Kier molecular flexibility index (Phi) is 9.83. The van der Waals surface area contributed by atoms with Crippen molar-refractivity contribution in [1.82, 2.24) is 4.57 Å². The molecule has 0 fully saturated rings. The smallest absolute Gasteiger partial charge is 0.339 e. The maximum absolute atomic E-state index is 14.1. The first kappa shape index (κ1) is 32.8. The Balaban J connectivity index is 1.63. The van der Waals surface area contributed by atoms with Gasteiger partial charge in [-0.2, -0.15) is 0 Å². The fourth-order valence-corrected chi connectivity index (χ4v) is 6.32. The highest BCUT2D eigenvalue weighted by Gasteiger charge is 2.34. The number of furan rings is 1. The van der Waals surface area contributed by atoms with Crippen LogP contribution in [0.25, 0.3) is 17.4 Å². The molecular weight excluding hydrogens is 632 g/mol. The maximum atomic E-state index is 14.1. The van der Waals surface area contributed by atoms with Crippen LogP contribution in [0.1, 0.15) is 62.3 Å². The van der Waals surface area contributed by atoms with Crippen LogP contribution in [0.3, 0.4) is 0 Å². The molecule has 5 rings (SSSR count). The van der Waals surface area contributed by atoms with E-state index in [1.165, 1.54) is 4.57 Å². The molecule has 4 aromatic rings. The van der Waals surface area contributed by atoms with E-state index in [1.54, 1.807) is 89.4 Å². The van der Waals surface area contributed by atoms with Crippen LogP contribution < -0.4 is 24.4 Å². The second kappa shape index (κ2) is 13.8. The number of aromatic nitrogens is 1. The van der Waals surface area contributed by atoms with Crippen LogP contribution in [0.5, 0.6) is 11.5 Å². The van der Waals surface area contributed by atoms with Crippen LogP contribution >= 0.6 is 22.9 Å². The zero-order chi connectivity index (χ0) is 33.1. The molecule has 10 nitrogen and oxygen atoms in total. The topological polar surface area (TPSA) is 119 Å². The summed E-state index contributed by atoms with van der Waals surface area (Å²) in [6, 6.07) is 12.6. The highest BCUT2D eigenvalue weighted by molar-refractivity contribution is 7.07. The van der Waals surface area contributed by atoms with Gasteiger partial charge in [0, 0.05) is 16.7 Å². The average molecular weight is 665 g/mol. The lowest BCUT2D eigenvalue weighted by atomic mass is 9.95. The van der Waals surface area contributed by atoms with E-state index in [0.29, 0.717) is 66.4 Å². The molecule has 0 unspecified atom stereocenters. The molecule has 0 amide bonds. The summed E-state index contributed by atoms with van der Waals surface area (Å²) in [6.45, 7) is 9.37. The fourth-order valence-electron chi connectivity index (χ4n) is 5.12. The fraction of sp³-hybridized carbons (Fsp3) is 0.294. The van der Waals surface area contributed by atoms with Crippen LogP contribution in [-0.2, 0) is 14.3 Å². The molecule has 0 radical (unpaired) electrons. The van der Waals surface area contributed by atoms with Crippen molar-refractivity contribution >= 4 is 41.0 Å². The van der Waals surface area contributed by atoms with Crippen molar-refractivity contribution in [2.75, 3.05) is 20.3 Å². The molecule has 46 heavy (non-hydrogen) atoms. The molecule has 1 atom stereocenters. The summed E-state index contributed by atoms with van der Waals surface area (Å²) in [7, 11) is 1.54. The zero-order valence-corrected chi connectivity index (χ0v) is 27.8. The molecule has 0 spiro atoms. The number of carbonyl (C=O) groups excluding carboxylic acids is 2. The van der Waals surface area contributed by atoms with E-state index in [2.05, 4.69) is 4.99 Å². The highest BCUT2D eigenvalue weighted by atomic mass is 35.5. The first-order valence-corrected chi connectivity index (χ1v) is 15.9. The van der Waals surface area contributed by atoms with Crippen molar-refractivity contribution in [1.29, 1.82) is 0 Å². The Morgan fingerprint density at radius 2 is 1.85 bits per heavy atom. The summed E-state index contributed by atoms with van der Waals surface area (Å²) < 4.78 is 29.9. The number of benzene rings is 2. The minimum Gasteiger partial charge on any atom is -0.493 e. The van der Waals surface area contributed by atoms with Gasteiger partial charge in [0.2, 0.25) is 0 Å². The second-order valence-electron chi connectivity index (χ2n) is 10.5. The molecule has 0 bridgehead atoms. The van der Waals surface area contributed by atoms with Gasteiger partial charge in [0.15, 0.2) is 16.3 Å². The van der Waals surface area contributed by atoms with E-state index in [1.807, 2.05) is 6.92 Å². The van der Waals surface area contributed by atoms with E-state index in [9.17, 15) is 14.4 Å². The predicted octanol–water partition coefficient (Wildman–Crippen LogP) is 5.68. The summed E-state index contributed by atoms with van der Waals surface area (Å²) in [6.07, 6.45) is 1.29. The Morgan fingerprint density at radius 3 is 2.54 bits per heavy atom. The van der Waals surface area contributed by atoms with Crippen LogP contribution in [0.2, 0.25) is 5.02 Å². The number of hydrogen-bond acceptors (Lipinski definition) is 10. The van der Waals surface area contributed by atoms with Crippen molar-refractivity contribution in [2.24, 2.45) is 4.99 Å². The maximum Gasteiger partial charge on any atom is 0.339 e. The normalized spacial score (nSPS) is 14.6. The van der Waals surface area contributed by atoms with E-state index >= 15 is 0 Å². The van der Waals surface area contributed by atoms with Crippen LogP contribution in [0.15, 0.2) is 74.0 Å². The lowest BCUT2D eigenvalue weighted by Crippen LogP contribution is -2.39. The van der Waals surface area contributed by atoms with Gasteiger partial charge >= 0.3 is 11.9 Å². The number of fused-ring (bicyclic) bond motifs is 1. The number of allylic oxidation sites excluding steroid dienone is 1. The van der Waals surface area contributed by atoms with E-state index in [-0.39, 0.29) is 23.8 Å². The Morgan fingerprint density at radius 1 is 1.07 bits per heavy atom. The average Bonchev–Trinajstić information content (AvgIpc) is 3.60. The van der Waals surface area contributed by atoms with Gasteiger partial charge in [-0.05, 0) is 82.6 Å². The minimum absolute atomic E-state index is 0.157. The summed E-state index contributed by atoms with van der Waals surface area (Å²) in [5.74, 6) is 0.655. The first-order valence-electron chi connectivity index (χ1n) is 14.7. The molecule has 0 saturated carbocycles. The molecule has 2 aromatic heterocycles. The quantitative estimate of drug-likeness (QED) is 0.199. The number of rotatable bonds is 10. The molecule has 0 saturated heterocycles. The number of ether oxygens (including phenoxy) is 4. The molecule has 2 aromatic carbocycles. The zero-order valence-electron chi connectivity index (χ0n) is 26.2. The number of halogens is 1. The number of carbonyl (C=O) groups is 2. The Labute approximate surface area is 274 Å². The van der Waals surface area contributed by atoms with E-state index in [4.69, 9.17) is 35.0 Å². The Bertz CT molecular complexity index is 2020. The minimum atomic E-state index is -0.837. The SMILES string of the molecule is CCOC(=O)C1=C(C)N=c2s/c(=C/c3ccc(-c4cc(Cl)ccc4C(=O)OC(C)C)o3)c(=O)n2[C@@H]1c1ccc(OC)c(OCC)c1. The lowest BCUT2D eigenvalue weighted by Gasteiger charge is -2.25. The van der Waals surface area contributed by atoms with Gasteiger partial charge in [-0.1, -0.05) is 29.0 Å². The van der Waals surface area contributed by atoms with Gasteiger partial charge in [-0.25, -0.2) is 14.6 Å². The van der Waals surface area contributed by atoms with Gasteiger partial charge in [-0.15, -0.1) is 0 Å². The van der Waals surface area contributed by atoms with E-state index in [0.717, 1.165) is 11.3 Å². The third-order valence-corrected chi connectivity index (χ3v) is 8.25. The third-order valence-electron chi connectivity index (χ3n) is 7.03. The van der Waals surface area contributed by atoms with Gasteiger partial charge in [-0.3, -0.25) is 9.36 Å². The number of methoxy groups -OCH3 is 1. The summed E-state index contributed by atoms with van der Waals surface area (Å²) >= 11 is 7.42. The largest absolute Gasteiger partial charge is 0.493 e. The van der Waals surface area contributed by atoms with Crippen molar-refractivity contribution < 1.29 is 33.0 Å². The molecule has 240 valence electrons. The Hall–Kier alpha value is -4.61. The van der Waals surface area contributed by atoms with Crippen LogP contribution in [0, 0.1) is 0 Å². The van der Waals surface area contributed by atoms with Crippen molar-refractivity contribution in [3.63, 3.8) is 0 Å². The van der Waals surface area contributed by atoms with Crippen molar-refractivity contribution in [2.45, 2.75) is 46.8 Å². The molecule has 1 aliphatic heterocycles. The number of nitrogens with zero attached hydrogens (tertiary/aromatic N) is 2. The molecule has 3 heterocycles. The second-order valence-corrected chi connectivity index (χ2v) is 11.9. The van der Waals surface area contributed by atoms with Gasteiger partial charge in [0.05, 0.1) is 53.8 Å². The molecule has 0 N–H and O–H groups in total. The standard InChI is InChI=1S/C34H33ClN2O8S/c1-7-42-27-15-20(9-13-26(27)41-6)30-29(33(40)43-8-2)19(5)36-34-37(30)31(38)28(46-34)17-22-11-14-25(45-22)24-16-21(35)10-12-23(24)32(39)44-18(3)4/h9-18,30H,7-8H2,1-6H3/b28-17+/t30-/m1/s1. The number of thiazole rings is 1. The predicted molar refractivity (Wildman–Crippen MR) is 174 cm³/mol. The lowest BCUT2D eigenvalue weighted by molar-refractivity contribution is -0.139. The van der Waals surface area contributed by atoms with Crippen molar-refractivity contribution in [3.05, 3.63) is 101 Å². The third kappa shape index (κ3) is 6.52. The highest BCUT2D eigenvalue weighted by Crippen LogP contribution is 2.36. The number of hydrogen-bond donors (Lipinski definition) is 0. The molecule has 12 heteroatoms. The monoisotopic (exact) mass is 664 g/mol. The molecule has 0 aliphatic carbocycles. The van der Waals surface area contributed by atoms with E-state index < -0.39 is 18.0 Å². The van der Waals surface area contributed by atoms with Crippen LogP contribution in [0.4, 0.5) is 0 Å². The van der Waals surface area contributed by atoms with Crippen LogP contribution in [-0.4, -0.2) is 42.9 Å². The first-order chi connectivity index (χ1) is 22.1. The van der Waals surface area contributed by atoms with Crippen molar-refractivity contribution in [3.8, 4) is 22.8 Å². The summed E-state index contributed by atoms with van der Waals surface area (Å²) in [4.78, 5) is 45.1.